The Bertz CT molecular complexity index is 637. The number of nitrogen functional groups attached to an aromatic ring is 1. The maximum absolute atomic E-state index is 5.92. The summed E-state index contributed by atoms with van der Waals surface area (Å²) >= 11 is 5.92. The molecule has 1 fully saturated rings. The molecule has 0 bridgehead atoms. The summed E-state index contributed by atoms with van der Waals surface area (Å²) in [5.74, 6) is 2.57. The van der Waals surface area contributed by atoms with Crippen LogP contribution in [0.15, 0.2) is 22.6 Å². The Labute approximate surface area is 139 Å². The zero-order chi connectivity index (χ0) is 16.2. The van der Waals surface area contributed by atoms with Gasteiger partial charge in [0.2, 0.25) is 5.95 Å². The number of morpholine rings is 1. The summed E-state index contributed by atoms with van der Waals surface area (Å²) in [6, 6.07) is 5.73. The first kappa shape index (κ1) is 16.0. The van der Waals surface area contributed by atoms with Crippen molar-refractivity contribution in [3.63, 3.8) is 0 Å². The van der Waals surface area contributed by atoms with E-state index in [1.807, 2.05) is 19.1 Å². The molecule has 0 spiro atoms. The van der Waals surface area contributed by atoms with Gasteiger partial charge in [-0.2, -0.15) is 4.98 Å². The van der Waals surface area contributed by atoms with Gasteiger partial charge in [0.25, 0.3) is 0 Å². The third-order valence-corrected chi connectivity index (χ3v) is 3.96. The van der Waals surface area contributed by atoms with E-state index in [-0.39, 0.29) is 12.0 Å². The summed E-state index contributed by atoms with van der Waals surface area (Å²) in [4.78, 5) is 10.3. The molecule has 2 aromatic rings. The molecule has 3 N–H and O–H groups in total. The minimum absolute atomic E-state index is 0.0857. The Kier molecular flexibility index (Phi) is 5.00. The van der Waals surface area contributed by atoms with Gasteiger partial charge in [0.15, 0.2) is 0 Å². The number of hydrogen-bond donors (Lipinski definition) is 2. The molecule has 0 unspecified atom stereocenters. The van der Waals surface area contributed by atoms with Gasteiger partial charge >= 0.3 is 0 Å². The van der Waals surface area contributed by atoms with Crippen LogP contribution in [0.3, 0.4) is 0 Å². The molecule has 1 atom stereocenters. The molecular formula is C15H20ClN5O2. The highest BCUT2D eigenvalue weighted by Crippen LogP contribution is 2.24. The number of aryl methyl sites for hydroxylation is 1. The van der Waals surface area contributed by atoms with Gasteiger partial charge in [-0.3, -0.25) is 4.90 Å². The van der Waals surface area contributed by atoms with Gasteiger partial charge in [0.05, 0.1) is 19.3 Å². The predicted molar refractivity (Wildman–Crippen MR) is 88.5 cm³/mol. The number of furan rings is 1. The number of nitrogens with one attached hydrogen (secondary N) is 1. The van der Waals surface area contributed by atoms with E-state index in [0.29, 0.717) is 17.5 Å². The van der Waals surface area contributed by atoms with E-state index < -0.39 is 0 Å². The molecule has 0 aliphatic carbocycles. The minimum atomic E-state index is 0.0857. The van der Waals surface area contributed by atoms with Crippen LogP contribution in [0.25, 0.3) is 0 Å². The Hall–Kier alpha value is -1.83. The summed E-state index contributed by atoms with van der Waals surface area (Å²) in [6.45, 7) is 5.74. The second-order valence-electron chi connectivity index (χ2n) is 5.43. The van der Waals surface area contributed by atoms with E-state index in [9.17, 15) is 0 Å². The number of aromatic nitrogens is 2. The summed E-state index contributed by atoms with van der Waals surface area (Å²) in [7, 11) is 0. The third-order valence-electron chi connectivity index (χ3n) is 3.76. The molecule has 8 heteroatoms. The van der Waals surface area contributed by atoms with Crippen LogP contribution in [0, 0.1) is 6.92 Å². The summed E-state index contributed by atoms with van der Waals surface area (Å²) in [5.41, 5.74) is 5.63. The molecule has 0 radical (unpaired) electrons. The van der Waals surface area contributed by atoms with E-state index in [4.69, 9.17) is 26.5 Å². The lowest BCUT2D eigenvalue weighted by Crippen LogP contribution is -2.41. The Morgan fingerprint density at radius 1 is 1.35 bits per heavy atom. The maximum Gasteiger partial charge on any atom is 0.223 e. The van der Waals surface area contributed by atoms with Gasteiger partial charge in [-0.15, -0.1) is 0 Å². The average molecular weight is 338 g/mol. The fourth-order valence-electron chi connectivity index (χ4n) is 2.66. The molecule has 0 aromatic carbocycles. The van der Waals surface area contributed by atoms with Crippen molar-refractivity contribution in [3.05, 3.63) is 34.9 Å². The van der Waals surface area contributed by atoms with Gasteiger partial charge in [-0.1, -0.05) is 11.6 Å². The van der Waals surface area contributed by atoms with Crippen LogP contribution in [-0.2, 0) is 4.74 Å². The van der Waals surface area contributed by atoms with Crippen molar-refractivity contribution in [1.82, 2.24) is 14.9 Å². The van der Waals surface area contributed by atoms with Crippen LogP contribution < -0.4 is 11.1 Å². The Balaban J connectivity index is 1.75. The monoisotopic (exact) mass is 337 g/mol. The lowest BCUT2D eigenvalue weighted by atomic mass is 10.1. The molecule has 1 aliphatic rings. The first-order chi connectivity index (χ1) is 11.1. The number of hydrogen-bond acceptors (Lipinski definition) is 7. The fraction of sp³-hybridized carbons (Fsp3) is 0.467. The highest BCUT2D eigenvalue weighted by molar-refractivity contribution is 6.29. The number of nitrogens with zero attached hydrogens (tertiary/aromatic N) is 3. The van der Waals surface area contributed by atoms with E-state index >= 15 is 0 Å². The van der Waals surface area contributed by atoms with E-state index in [0.717, 1.165) is 37.8 Å². The highest BCUT2D eigenvalue weighted by Gasteiger charge is 2.25. The Morgan fingerprint density at radius 2 is 2.13 bits per heavy atom. The normalized spacial score (nSPS) is 17.1. The SMILES string of the molecule is Cc1ccc([C@H](CNc2cc(Cl)nc(N)n2)N2CCOCC2)o1. The first-order valence-electron chi connectivity index (χ1n) is 7.54. The second-order valence-corrected chi connectivity index (χ2v) is 5.81. The molecule has 3 heterocycles. The van der Waals surface area contributed by atoms with Crippen LogP contribution in [0.1, 0.15) is 17.6 Å². The predicted octanol–water partition coefficient (Wildman–Crippen LogP) is 2.10. The largest absolute Gasteiger partial charge is 0.465 e. The van der Waals surface area contributed by atoms with Crippen molar-refractivity contribution in [2.75, 3.05) is 43.9 Å². The van der Waals surface area contributed by atoms with Gasteiger partial charge < -0.3 is 20.2 Å². The van der Waals surface area contributed by atoms with Crippen LogP contribution in [-0.4, -0.2) is 47.7 Å². The van der Waals surface area contributed by atoms with Crippen molar-refractivity contribution in [1.29, 1.82) is 0 Å². The molecule has 3 rings (SSSR count). The van der Waals surface area contributed by atoms with E-state index in [1.54, 1.807) is 6.07 Å². The molecule has 0 saturated carbocycles. The summed E-state index contributed by atoms with van der Waals surface area (Å²) < 4.78 is 11.3. The molecule has 1 aliphatic heterocycles. The lowest BCUT2D eigenvalue weighted by molar-refractivity contribution is 0.0143. The van der Waals surface area contributed by atoms with E-state index in [1.165, 1.54) is 0 Å². The quantitative estimate of drug-likeness (QED) is 0.807. The molecule has 124 valence electrons. The zero-order valence-electron chi connectivity index (χ0n) is 13.0. The number of ether oxygens (including phenoxy) is 1. The van der Waals surface area contributed by atoms with Crippen molar-refractivity contribution in [3.8, 4) is 0 Å². The topological polar surface area (TPSA) is 89.4 Å². The van der Waals surface area contributed by atoms with Gasteiger partial charge in [0, 0.05) is 25.7 Å². The summed E-state index contributed by atoms with van der Waals surface area (Å²) in [6.07, 6.45) is 0. The molecule has 2 aromatic heterocycles. The lowest BCUT2D eigenvalue weighted by Gasteiger charge is -2.33. The number of anilines is 2. The fourth-order valence-corrected chi connectivity index (χ4v) is 2.85. The summed E-state index contributed by atoms with van der Waals surface area (Å²) in [5, 5.41) is 3.59. The van der Waals surface area contributed by atoms with E-state index in [2.05, 4.69) is 20.2 Å². The average Bonchev–Trinajstić information content (AvgIpc) is 2.94. The second kappa shape index (κ2) is 7.16. The molecule has 1 saturated heterocycles. The van der Waals surface area contributed by atoms with Gasteiger partial charge in [-0.25, -0.2) is 4.98 Å². The van der Waals surface area contributed by atoms with Gasteiger partial charge in [-0.05, 0) is 19.1 Å². The Morgan fingerprint density at radius 3 is 2.78 bits per heavy atom. The van der Waals surface area contributed by atoms with Crippen LogP contribution in [0.4, 0.5) is 11.8 Å². The van der Waals surface area contributed by atoms with Crippen molar-refractivity contribution in [2.45, 2.75) is 13.0 Å². The van der Waals surface area contributed by atoms with Crippen LogP contribution >= 0.6 is 11.6 Å². The number of rotatable bonds is 5. The van der Waals surface area contributed by atoms with Gasteiger partial charge in [0.1, 0.15) is 22.5 Å². The molecule has 7 nitrogen and oxygen atoms in total. The van der Waals surface area contributed by atoms with Crippen molar-refractivity contribution in [2.24, 2.45) is 0 Å². The number of halogens is 1. The molecule has 0 amide bonds. The highest BCUT2D eigenvalue weighted by atomic mass is 35.5. The smallest absolute Gasteiger partial charge is 0.223 e. The zero-order valence-corrected chi connectivity index (χ0v) is 13.7. The van der Waals surface area contributed by atoms with Crippen molar-refractivity contribution < 1.29 is 9.15 Å². The third kappa shape index (κ3) is 4.13. The molecule has 23 heavy (non-hydrogen) atoms. The van der Waals surface area contributed by atoms with Crippen molar-refractivity contribution >= 4 is 23.4 Å². The van der Waals surface area contributed by atoms with Crippen LogP contribution in [0.5, 0.6) is 0 Å². The number of nitrogens with two attached hydrogens (primary N) is 1. The standard InChI is InChI=1S/C15H20ClN5O2/c1-10-2-3-12(23-10)11(21-4-6-22-7-5-21)9-18-14-8-13(16)19-15(17)20-14/h2-3,8,11H,4-7,9H2,1H3,(H3,17,18,19,20)/t11-/m0/s1. The van der Waals surface area contributed by atoms with Crippen LogP contribution in [0.2, 0.25) is 5.15 Å². The first-order valence-corrected chi connectivity index (χ1v) is 7.91. The molecular weight excluding hydrogens is 318 g/mol. The maximum atomic E-state index is 5.92. The minimum Gasteiger partial charge on any atom is -0.465 e.